The van der Waals surface area contributed by atoms with E-state index in [0.29, 0.717) is 27.7 Å². The van der Waals surface area contributed by atoms with Crippen molar-refractivity contribution in [3.63, 3.8) is 0 Å². The Morgan fingerprint density at radius 3 is 2.41 bits per heavy atom. The molecule has 3 rings (SSSR count). The molecule has 1 heterocycles. The summed E-state index contributed by atoms with van der Waals surface area (Å²) in [5, 5.41) is 2.75. The molecule has 1 aliphatic rings. The van der Waals surface area contributed by atoms with Gasteiger partial charge in [-0.3, -0.25) is 14.5 Å². The lowest BCUT2D eigenvalue weighted by atomic mass is 10.1. The number of carbonyl (C=O) groups is 3. The molecule has 0 aromatic heterocycles. The highest BCUT2D eigenvalue weighted by Gasteiger charge is 2.38. The number of thiocarbonyl (C=S) groups is 1. The van der Waals surface area contributed by atoms with Crippen molar-refractivity contribution < 1.29 is 28.6 Å². The Hall–Kier alpha value is -3.37. The van der Waals surface area contributed by atoms with Crippen molar-refractivity contribution in [2.75, 3.05) is 26.1 Å². The first-order chi connectivity index (χ1) is 16.3. The largest absolute Gasteiger partial charge is 0.493 e. The van der Waals surface area contributed by atoms with E-state index in [9.17, 15) is 14.4 Å². The molecule has 2 aromatic carbocycles. The minimum absolute atomic E-state index is 0.277. The molecule has 10 heteroatoms. The first-order valence-electron chi connectivity index (χ1n) is 10.4. The first kappa shape index (κ1) is 25.3. The zero-order valence-electron chi connectivity index (χ0n) is 19.1. The van der Waals surface area contributed by atoms with Gasteiger partial charge >= 0.3 is 5.97 Å². The maximum absolute atomic E-state index is 13.0. The number of nitrogens with zero attached hydrogens (tertiary/aromatic N) is 1. The zero-order chi connectivity index (χ0) is 24.8. The minimum atomic E-state index is -0.839. The van der Waals surface area contributed by atoms with Crippen LogP contribution in [0, 0.1) is 0 Å². The number of amides is 2. The molecule has 1 atom stereocenters. The van der Waals surface area contributed by atoms with E-state index < -0.39 is 17.9 Å². The van der Waals surface area contributed by atoms with Gasteiger partial charge in [-0.2, -0.15) is 0 Å². The van der Waals surface area contributed by atoms with Crippen molar-refractivity contribution in [3.05, 3.63) is 58.5 Å². The van der Waals surface area contributed by atoms with Gasteiger partial charge in [-0.05, 0) is 61.9 Å². The molecule has 1 unspecified atom stereocenters. The molecule has 2 amide bonds. The van der Waals surface area contributed by atoms with E-state index in [2.05, 4.69) is 5.32 Å². The molecule has 1 aliphatic heterocycles. The summed E-state index contributed by atoms with van der Waals surface area (Å²) in [6.07, 6.45) is 1.69. The van der Waals surface area contributed by atoms with Gasteiger partial charge in [0.25, 0.3) is 5.91 Å². The lowest BCUT2D eigenvalue weighted by Crippen LogP contribution is -2.44. The van der Waals surface area contributed by atoms with Crippen LogP contribution in [0.3, 0.4) is 0 Å². The Balaban J connectivity index is 1.71. The Bertz CT molecular complexity index is 1150. The first-order valence-corrected chi connectivity index (χ1v) is 11.6. The number of carbonyl (C=O) groups excluding carboxylic acids is 3. The van der Waals surface area contributed by atoms with Gasteiger partial charge in [0.15, 0.2) is 11.5 Å². The summed E-state index contributed by atoms with van der Waals surface area (Å²) in [7, 11) is 3.08. The molecule has 1 N–H and O–H groups in total. The van der Waals surface area contributed by atoms with Crippen molar-refractivity contribution in [2.24, 2.45) is 0 Å². The highest BCUT2D eigenvalue weighted by molar-refractivity contribution is 8.26. The third-order valence-corrected chi connectivity index (χ3v) is 6.29. The SMILES string of the molecule is CCOC(=O)c1ccc(NC(=O)C(C)N2C(=O)/C(=C/c3ccc(OC)c(OC)c3)SC2=S)cc1. The number of rotatable bonds is 8. The van der Waals surface area contributed by atoms with E-state index >= 15 is 0 Å². The van der Waals surface area contributed by atoms with Crippen molar-refractivity contribution >= 4 is 57.8 Å². The summed E-state index contributed by atoms with van der Waals surface area (Å²) in [6, 6.07) is 10.8. The third kappa shape index (κ3) is 5.57. The van der Waals surface area contributed by atoms with Gasteiger partial charge in [0.05, 0.1) is 31.3 Å². The van der Waals surface area contributed by atoms with Crippen LogP contribution >= 0.6 is 24.0 Å². The van der Waals surface area contributed by atoms with E-state index in [-0.39, 0.29) is 16.8 Å². The van der Waals surface area contributed by atoms with Crippen molar-refractivity contribution in [1.82, 2.24) is 4.90 Å². The number of hydrogen-bond donors (Lipinski definition) is 1. The van der Waals surface area contributed by atoms with E-state index in [1.807, 2.05) is 0 Å². The molecule has 0 radical (unpaired) electrons. The van der Waals surface area contributed by atoms with Crippen molar-refractivity contribution in [1.29, 1.82) is 0 Å². The molecule has 2 aromatic rings. The molecular formula is C24H24N2O6S2. The topological polar surface area (TPSA) is 94.2 Å². The highest BCUT2D eigenvalue weighted by Crippen LogP contribution is 2.35. The van der Waals surface area contributed by atoms with Gasteiger partial charge in [0.1, 0.15) is 10.4 Å². The van der Waals surface area contributed by atoms with Crippen LogP contribution in [-0.2, 0) is 14.3 Å². The van der Waals surface area contributed by atoms with E-state index in [0.717, 1.165) is 17.3 Å². The molecule has 0 aliphatic carbocycles. The van der Waals surface area contributed by atoms with E-state index in [4.69, 9.17) is 26.4 Å². The number of esters is 1. The second kappa shape index (κ2) is 11.2. The minimum Gasteiger partial charge on any atom is -0.493 e. The number of anilines is 1. The van der Waals surface area contributed by atoms with E-state index in [1.54, 1.807) is 69.5 Å². The molecule has 34 heavy (non-hydrogen) atoms. The van der Waals surface area contributed by atoms with Crippen LogP contribution in [0.5, 0.6) is 11.5 Å². The predicted octanol–water partition coefficient (Wildman–Crippen LogP) is 4.11. The Morgan fingerprint density at radius 1 is 1.12 bits per heavy atom. The normalized spacial score (nSPS) is 15.3. The summed E-state index contributed by atoms with van der Waals surface area (Å²) in [5.41, 5.74) is 1.60. The van der Waals surface area contributed by atoms with Crippen molar-refractivity contribution in [3.8, 4) is 11.5 Å². The van der Waals surface area contributed by atoms with Gasteiger partial charge in [0, 0.05) is 5.69 Å². The van der Waals surface area contributed by atoms with Gasteiger partial charge in [-0.25, -0.2) is 4.79 Å². The van der Waals surface area contributed by atoms with Crippen LogP contribution in [0.15, 0.2) is 47.4 Å². The van der Waals surface area contributed by atoms with Crippen LogP contribution in [0.1, 0.15) is 29.8 Å². The summed E-state index contributed by atoms with van der Waals surface area (Å²) in [4.78, 5) is 39.3. The second-order valence-corrected chi connectivity index (χ2v) is 8.80. The maximum atomic E-state index is 13.0. The number of thioether (sulfide) groups is 1. The third-order valence-electron chi connectivity index (χ3n) is 4.96. The fraction of sp³-hybridized carbons (Fsp3) is 0.250. The fourth-order valence-electron chi connectivity index (χ4n) is 3.18. The predicted molar refractivity (Wildman–Crippen MR) is 135 cm³/mol. The monoisotopic (exact) mass is 500 g/mol. The standard InChI is InChI=1S/C24H24N2O6S2/c1-5-32-23(29)16-7-9-17(10-8-16)25-21(27)14(2)26-22(28)20(34-24(26)33)13-15-6-11-18(30-3)19(12-15)31-4/h6-14H,5H2,1-4H3,(H,25,27)/b20-13-. The number of hydrogen-bond acceptors (Lipinski definition) is 8. The summed E-state index contributed by atoms with van der Waals surface area (Å²) in [6.45, 7) is 3.61. The number of nitrogens with one attached hydrogen (secondary N) is 1. The number of ether oxygens (including phenoxy) is 3. The van der Waals surface area contributed by atoms with Gasteiger partial charge < -0.3 is 19.5 Å². The number of benzene rings is 2. The van der Waals surface area contributed by atoms with Gasteiger partial charge in [-0.1, -0.05) is 30.0 Å². The molecule has 8 nitrogen and oxygen atoms in total. The van der Waals surface area contributed by atoms with Crippen molar-refractivity contribution in [2.45, 2.75) is 19.9 Å². The smallest absolute Gasteiger partial charge is 0.338 e. The molecule has 0 saturated carbocycles. The number of methoxy groups -OCH3 is 2. The Labute approximate surface area is 207 Å². The average molecular weight is 501 g/mol. The quantitative estimate of drug-likeness (QED) is 0.329. The average Bonchev–Trinajstić information content (AvgIpc) is 3.11. The fourth-order valence-corrected chi connectivity index (χ4v) is 4.59. The van der Waals surface area contributed by atoms with Crippen LogP contribution in [0.2, 0.25) is 0 Å². The molecule has 0 bridgehead atoms. The zero-order valence-corrected chi connectivity index (χ0v) is 20.7. The molecular weight excluding hydrogens is 476 g/mol. The van der Waals surface area contributed by atoms with Gasteiger partial charge in [0.2, 0.25) is 5.91 Å². The van der Waals surface area contributed by atoms with Crippen LogP contribution in [0.4, 0.5) is 5.69 Å². The summed E-state index contributed by atoms with van der Waals surface area (Å²) >= 11 is 6.51. The lowest BCUT2D eigenvalue weighted by Gasteiger charge is -2.22. The Morgan fingerprint density at radius 2 is 1.79 bits per heavy atom. The molecule has 0 spiro atoms. The summed E-state index contributed by atoms with van der Waals surface area (Å²) < 4.78 is 15.8. The maximum Gasteiger partial charge on any atom is 0.338 e. The molecule has 1 saturated heterocycles. The van der Waals surface area contributed by atoms with Crippen LogP contribution in [-0.4, -0.2) is 53.9 Å². The lowest BCUT2D eigenvalue weighted by molar-refractivity contribution is -0.129. The highest BCUT2D eigenvalue weighted by atomic mass is 32.2. The van der Waals surface area contributed by atoms with Crippen LogP contribution in [0.25, 0.3) is 6.08 Å². The van der Waals surface area contributed by atoms with Crippen LogP contribution < -0.4 is 14.8 Å². The summed E-state index contributed by atoms with van der Waals surface area (Å²) in [5.74, 6) is -0.0912. The van der Waals surface area contributed by atoms with Gasteiger partial charge in [-0.15, -0.1) is 0 Å². The van der Waals surface area contributed by atoms with E-state index in [1.165, 1.54) is 12.0 Å². The Kier molecular flexibility index (Phi) is 8.30. The molecule has 1 fully saturated rings. The molecule has 178 valence electrons. The second-order valence-electron chi connectivity index (χ2n) is 7.13.